The molecular formula is C10H12ClN3O5. The van der Waals surface area contributed by atoms with Gasteiger partial charge in [-0.25, -0.2) is 4.79 Å². The van der Waals surface area contributed by atoms with E-state index in [1.165, 1.54) is 16.8 Å². The lowest BCUT2D eigenvalue weighted by molar-refractivity contribution is -0.0664. The van der Waals surface area contributed by atoms with E-state index in [-0.39, 0.29) is 12.2 Å². The smallest absolute Gasteiger partial charge is 0.351 e. The third kappa shape index (κ3) is 1.49. The molecule has 1 saturated heterocycles. The summed E-state index contributed by atoms with van der Waals surface area (Å²) in [6, 6.07) is 1.38. The van der Waals surface area contributed by atoms with Crippen LogP contribution >= 0.6 is 11.6 Å². The Kier molecular flexibility index (Phi) is 2.63. The SMILES string of the molecule is O=c1nc(NO)ccn1[C@H]1C[C@@]2(O)C(Cl)[C@]2(CO)O1. The fraction of sp³-hybridized carbons (Fsp3) is 0.600. The summed E-state index contributed by atoms with van der Waals surface area (Å²) in [4.78, 5) is 15.3. The van der Waals surface area contributed by atoms with E-state index in [4.69, 9.17) is 21.5 Å². The number of hydrogen-bond acceptors (Lipinski definition) is 7. The number of nitrogens with one attached hydrogen (secondary N) is 1. The fourth-order valence-electron chi connectivity index (χ4n) is 2.60. The average Bonchev–Trinajstić information content (AvgIpc) is 2.70. The standard InChI is InChI=1S/C10H12ClN3O5/c11-7-9(17)3-6(19-10(7,9)4-15)14-2-1-5(13-18)12-8(14)16/h1-2,6-7,15,17-18H,3-4H2,(H,12,13,16)/t6-,7?,9-,10+/m1/s1. The van der Waals surface area contributed by atoms with Crippen LogP contribution in [0.25, 0.3) is 0 Å². The summed E-state index contributed by atoms with van der Waals surface area (Å²) >= 11 is 5.91. The van der Waals surface area contributed by atoms with E-state index >= 15 is 0 Å². The van der Waals surface area contributed by atoms with Crippen molar-refractivity contribution < 1.29 is 20.2 Å². The summed E-state index contributed by atoms with van der Waals surface area (Å²) in [5.74, 6) is 0.00945. The van der Waals surface area contributed by atoms with Crippen molar-refractivity contribution in [2.45, 2.75) is 29.2 Å². The van der Waals surface area contributed by atoms with Crippen LogP contribution in [0.2, 0.25) is 0 Å². The van der Waals surface area contributed by atoms with Gasteiger partial charge in [-0.3, -0.25) is 15.3 Å². The largest absolute Gasteiger partial charge is 0.393 e. The van der Waals surface area contributed by atoms with Crippen LogP contribution in [0.1, 0.15) is 12.6 Å². The molecule has 9 heteroatoms. The lowest BCUT2D eigenvalue weighted by atomic mass is 10.2. The highest BCUT2D eigenvalue weighted by atomic mass is 35.5. The van der Waals surface area contributed by atoms with Gasteiger partial charge in [0, 0.05) is 12.6 Å². The molecule has 0 aromatic carbocycles. The van der Waals surface area contributed by atoms with E-state index in [1.807, 2.05) is 0 Å². The number of ether oxygens (including phenoxy) is 1. The highest BCUT2D eigenvalue weighted by Gasteiger charge is 2.82. The van der Waals surface area contributed by atoms with Crippen LogP contribution in [-0.4, -0.2) is 48.2 Å². The van der Waals surface area contributed by atoms with Crippen molar-refractivity contribution in [3.05, 3.63) is 22.7 Å². The van der Waals surface area contributed by atoms with Crippen molar-refractivity contribution in [2.24, 2.45) is 0 Å². The van der Waals surface area contributed by atoms with Gasteiger partial charge in [0.15, 0.2) is 5.82 Å². The zero-order chi connectivity index (χ0) is 13.8. The molecule has 1 aliphatic carbocycles. The molecule has 1 aromatic rings. The Hall–Kier alpha value is -1.19. The quantitative estimate of drug-likeness (QED) is 0.418. The predicted molar refractivity (Wildman–Crippen MR) is 63.1 cm³/mol. The Balaban J connectivity index is 1.89. The maximum absolute atomic E-state index is 11.7. The summed E-state index contributed by atoms with van der Waals surface area (Å²) in [5, 5.41) is 27.5. The maximum atomic E-state index is 11.7. The molecule has 0 bridgehead atoms. The van der Waals surface area contributed by atoms with Gasteiger partial charge < -0.3 is 14.9 Å². The number of rotatable bonds is 3. The minimum atomic E-state index is -1.33. The van der Waals surface area contributed by atoms with Crippen LogP contribution in [0.4, 0.5) is 5.82 Å². The number of aromatic nitrogens is 2. The molecule has 1 aromatic heterocycles. The zero-order valence-electron chi connectivity index (χ0n) is 9.65. The minimum absolute atomic E-state index is 0.00945. The van der Waals surface area contributed by atoms with Crippen LogP contribution < -0.4 is 11.2 Å². The number of anilines is 1. The van der Waals surface area contributed by atoms with Crippen molar-refractivity contribution in [2.75, 3.05) is 12.1 Å². The molecule has 0 amide bonds. The summed E-state index contributed by atoms with van der Waals surface area (Å²) in [6.07, 6.45) is 0.718. The van der Waals surface area contributed by atoms with Crippen LogP contribution in [0, 0.1) is 0 Å². The Morgan fingerprint density at radius 3 is 2.95 bits per heavy atom. The monoisotopic (exact) mass is 289 g/mol. The van der Waals surface area contributed by atoms with E-state index in [1.54, 1.807) is 5.48 Å². The second-order valence-electron chi connectivity index (χ2n) is 4.73. The summed E-state index contributed by atoms with van der Waals surface area (Å²) in [7, 11) is 0. The van der Waals surface area contributed by atoms with Gasteiger partial charge in [-0.15, -0.1) is 11.6 Å². The first-order chi connectivity index (χ1) is 8.98. The molecule has 104 valence electrons. The number of fused-ring (bicyclic) bond motifs is 1. The number of nitrogens with zero attached hydrogens (tertiary/aromatic N) is 2. The van der Waals surface area contributed by atoms with E-state index in [0.29, 0.717) is 0 Å². The van der Waals surface area contributed by atoms with Crippen molar-refractivity contribution in [1.29, 1.82) is 0 Å². The summed E-state index contributed by atoms with van der Waals surface area (Å²) in [6.45, 7) is -0.424. The predicted octanol–water partition coefficient (Wildman–Crippen LogP) is -0.954. The molecule has 1 unspecified atom stereocenters. The highest BCUT2D eigenvalue weighted by Crippen LogP contribution is 2.64. The van der Waals surface area contributed by atoms with Crippen LogP contribution in [0.3, 0.4) is 0 Å². The van der Waals surface area contributed by atoms with Crippen molar-refractivity contribution in [3.8, 4) is 0 Å². The number of halogens is 1. The molecule has 2 fully saturated rings. The molecule has 19 heavy (non-hydrogen) atoms. The first-order valence-corrected chi connectivity index (χ1v) is 6.06. The lowest BCUT2D eigenvalue weighted by Gasteiger charge is -2.19. The van der Waals surface area contributed by atoms with E-state index in [9.17, 15) is 15.0 Å². The molecule has 4 atom stereocenters. The third-order valence-electron chi connectivity index (χ3n) is 3.80. The Morgan fingerprint density at radius 2 is 2.42 bits per heavy atom. The molecule has 0 spiro atoms. The third-order valence-corrected chi connectivity index (χ3v) is 4.51. The van der Waals surface area contributed by atoms with Gasteiger partial charge in [0.25, 0.3) is 0 Å². The second-order valence-corrected chi connectivity index (χ2v) is 5.16. The highest BCUT2D eigenvalue weighted by molar-refractivity contribution is 6.25. The molecule has 0 radical (unpaired) electrons. The van der Waals surface area contributed by atoms with Gasteiger partial charge in [-0.2, -0.15) is 4.98 Å². The first-order valence-electron chi connectivity index (χ1n) is 5.63. The molecule has 1 aliphatic heterocycles. The van der Waals surface area contributed by atoms with Gasteiger partial charge in [-0.1, -0.05) is 0 Å². The average molecular weight is 290 g/mol. The Morgan fingerprint density at radius 1 is 1.68 bits per heavy atom. The van der Waals surface area contributed by atoms with E-state index in [2.05, 4.69) is 4.98 Å². The molecule has 4 N–H and O–H groups in total. The van der Waals surface area contributed by atoms with Crippen LogP contribution in [0.15, 0.2) is 17.1 Å². The zero-order valence-corrected chi connectivity index (χ0v) is 10.4. The molecule has 8 nitrogen and oxygen atoms in total. The summed E-state index contributed by atoms with van der Waals surface area (Å²) < 4.78 is 6.71. The molecule has 1 saturated carbocycles. The van der Waals surface area contributed by atoms with Gasteiger partial charge in [0.05, 0.1) is 12.0 Å². The van der Waals surface area contributed by atoms with Gasteiger partial charge in [0.1, 0.15) is 17.4 Å². The molecular weight excluding hydrogens is 278 g/mol. The molecule has 2 aliphatic rings. The number of hydrogen-bond donors (Lipinski definition) is 4. The van der Waals surface area contributed by atoms with Crippen molar-refractivity contribution in [3.63, 3.8) is 0 Å². The fourth-order valence-corrected chi connectivity index (χ4v) is 3.12. The van der Waals surface area contributed by atoms with Crippen molar-refractivity contribution >= 4 is 17.4 Å². The van der Waals surface area contributed by atoms with Crippen molar-refractivity contribution in [1.82, 2.24) is 9.55 Å². The number of aliphatic hydroxyl groups is 2. The Bertz CT molecular complexity index is 581. The molecule has 3 rings (SSSR count). The van der Waals surface area contributed by atoms with Gasteiger partial charge in [-0.05, 0) is 6.07 Å². The second kappa shape index (κ2) is 3.90. The minimum Gasteiger partial charge on any atom is -0.393 e. The number of aliphatic hydroxyl groups excluding tert-OH is 1. The van der Waals surface area contributed by atoms with Gasteiger partial charge in [0.2, 0.25) is 0 Å². The van der Waals surface area contributed by atoms with Gasteiger partial charge >= 0.3 is 5.69 Å². The van der Waals surface area contributed by atoms with Crippen LogP contribution in [-0.2, 0) is 4.74 Å². The molecule has 2 heterocycles. The van der Waals surface area contributed by atoms with Crippen LogP contribution in [0.5, 0.6) is 0 Å². The van der Waals surface area contributed by atoms with E-state index < -0.39 is 35.1 Å². The first kappa shape index (κ1) is 12.8. The maximum Gasteiger partial charge on any atom is 0.351 e. The number of alkyl halides is 1. The topological polar surface area (TPSA) is 117 Å². The summed E-state index contributed by atoms with van der Waals surface area (Å²) in [5.41, 5.74) is -1.43. The normalized spacial score (nSPS) is 40.0. The van der Waals surface area contributed by atoms with E-state index in [0.717, 1.165) is 0 Å². The lowest BCUT2D eigenvalue weighted by Crippen LogP contribution is -2.31. The Labute approximate surface area is 112 Å².